The van der Waals surface area contributed by atoms with Crippen LogP contribution in [0.5, 0.6) is 0 Å². The van der Waals surface area contributed by atoms with E-state index >= 15 is 0 Å². The Labute approximate surface area is 112 Å². The minimum absolute atomic E-state index is 0.180. The number of nitrogens with one attached hydrogen (secondary N) is 1. The van der Waals surface area contributed by atoms with Crippen molar-refractivity contribution in [3.63, 3.8) is 0 Å². The Bertz CT molecular complexity index is 454. The summed E-state index contributed by atoms with van der Waals surface area (Å²) < 4.78 is 9.71. The summed E-state index contributed by atoms with van der Waals surface area (Å²) in [6.07, 6.45) is 0.592. The van der Waals surface area contributed by atoms with Gasteiger partial charge in [0.15, 0.2) is 0 Å². The predicted octanol–water partition coefficient (Wildman–Crippen LogP) is 2.38. The molecular weight excluding hydrogens is 246 g/mol. The molecule has 5 nitrogen and oxygen atoms in total. The molecule has 102 valence electrons. The van der Waals surface area contributed by atoms with Crippen LogP contribution in [-0.2, 0) is 20.9 Å². The summed E-state index contributed by atoms with van der Waals surface area (Å²) in [6.45, 7) is 3.77. The van der Waals surface area contributed by atoms with Crippen LogP contribution in [0.2, 0.25) is 0 Å². The van der Waals surface area contributed by atoms with Crippen LogP contribution in [0.25, 0.3) is 0 Å². The van der Waals surface area contributed by atoms with Gasteiger partial charge in [0.25, 0.3) is 0 Å². The Morgan fingerprint density at radius 1 is 1.21 bits per heavy atom. The first-order chi connectivity index (χ1) is 9.11. The number of alkyl carbamates (subject to hydrolysis) is 1. The maximum atomic E-state index is 11.4. The van der Waals surface area contributed by atoms with Crippen molar-refractivity contribution in [1.29, 1.82) is 0 Å². The molecule has 1 aromatic carbocycles. The number of hydrogen-bond acceptors (Lipinski definition) is 4. The van der Waals surface area contributed by atoms with Gasteiger partial charge in [-0.1, -0.05) is 30.3 Å². The van der Waals surface area contributed by atoms with Crippen molar-refractivity contribution >= 4 is 12.1 Å². The van der Waals surface area contributed by atoms with Gasteiger partial charge in [0.05, 0.1) is 6.61 Å². The Balaban J connectivity index is 2.37. The minimum atomic E-state index is -0.609. The van der Waals surface area contributed by atoms with E-state index in [1.54, 1.807) is 13.8 Å². The molecule has 0 aromatic heterocycles. The third kappa shape index (κ3) is 6.26. The fraction of sp³-hybridized carbons (Fsp3) is 0.286. The SMILES string of the molecule is CCOC(=O)C=C(C)NC(=O)OCc1ccccc1. The topological polar surface area (TPSA) is 64.6 Å². The van der Waals surface area contributed by atoms with Gasteiger partial charge in [0.2, 0.25) is 0 Å². The number of carbonyl (C=O) groups excluding carboxylic acids is 2. The Kier molecular flexibility index (Phi) is 6.15. The van der Waals surface area contributed by atoms with Crippen LogP contribution in [0, 0.1) is 0 Å². The molecule has 0 aliphatic carbocycles. The molecule has 0 fully saturated rings. The van der Waals surface area contributed by atoms with Gasteiger partial charge in [-0.25, -0.2) is 9.59 Å². The molecule has 19 heavy (non-hydrogen) atoms. The van der Waals surface area contributed by atoms with Crippen molar-refractivity contribution in [2.45, 2.75) is 20.5 Å². The Morgan fingerprint density at radius 2 is 1.89 bits per heavy atom. The van der Waals surface area contributed by atoms with E-state index in [1.165, 1.54) is 6.08 Å². The highest BCUT2D eigenvalue weighted by molar-refractivity contribution is 5.83. The molecule has 0 heterocycles. The summed E-state index contributed by atoms with van der Waals surface area (Å²) in [4.78, 5) is 22.6. The van der Waals surface area contributed by atoms with Crippen molar-refractivity contribution in [3.8, 4) is 0 Å². The number of benzene rings is 1. The van der Waals surface area contributed by atoms with Gasteiger partial charge in [-0.15, -0.1) is 0 Å². The molecule has 0 unspecified atom stereocenters. The molecule has 0 radical (unpaired) electrons. The van der Waals surface area contributed by atoms with Crippen molar-refractivity contribution < 1.29 is 19.1 Å². The summed E-state index contributed by atoms with van der Waals surface area (Å²) in [5.74, 6) is -0.497. The Hall–Kier alpha value is -2.30. The van der Waals surface area contributed by atoms with E-state index in [2.05, 4.69) is 5.32 Å². The second kappa shape index (κ2) is 7.92. The summed E-state index contributed by atoms with van der Waals surface area (Å²) in [5, 5.41) is 2.44. The lowest BCUT2D eigenvalue weighted by Gasteiger charge is -2.07. The molecule has 1 amide bonds. The summed E-state index contributed by atoms with van der Waals surface area (Å²) >= 11 is 0. The smallest absolute Gasteiger partial charge is 0.411 e. The number of esters is 1. The quantitative estimate of drug-likeness (QED) is 0.654. The van der Waals surface area contributed by atoms with E-state index in [9.17, 15) is 9.59 Å². The highest BCUT2D eigenvalue weighted by atomic mass is 16.5. The van der Waals surface area contributed by atoms with Gasteiger partial charge in [-0.2, -0.15) is 0 Å². The van der Waals surface area contributed by atoms with Crippen molar-refractivity contribution in [3.05, 3.63) is 47.7 Å². The highest BCUT2D eigenvalue weighted by Crippen LogP contribution is 2.01. The van der Waals surface area contributed by atoms with Gasteiger partial charge < -0.3 is 9.47 Å². The molecule has 0 saturated carbocycles. The number of hydrogen-bond donors (Lipinski definition) is 1. The number of ether oxygens (including phenoxy) is 2. The third-order valence-electron chi connectivity index (χ3n) is 2.13. The first-order valence-electron chi connectivity index (χ1n) is 5.94. The second-order valence-electron chi connectivity index (χ2n) is 3.77. The zero-order valence-corrected chi connectivity index (χ0v) is 11.0. The zero-order valence-electron chi connectivity index (χ0n) is 11.0. The molecule has 0 saturated heterocycles. The predicted molar refractivity (Wildman–Crippen MR) is 70.2 cm³/mol. The van der Waals surface area contributed by atoms with Crippen LogP contribution in [-0.4, -0.2) is 18.7 Å². The maximum Gasteiger partial charge on any atom is 0.411 e. The van der Waals surface area contributed by atoms with Crippen LogP contribution in [0.1, 0.15) is 19.4 Å². The molecular formula is C14H17NO4. The van der Waals surface area contributed by atoms with E-state index in [4.69, 9.17) is 9.47 Å². The first kappa shape index (κ1) is 14.8. The zero-order chi connectivity index (χ0) is 14.1. The van der Waals surface area contributed by atoms with Crippen LogP contribution < -0.4 is 5.32 Å². The average Bonchev–Trinajstić information content (AvgIpc) is 2.37. The molecule has 1 N–H and O–H groups in total. The standard InChI is InChI=1S/C14H17NO4/c1-3-18-13(16)9-11(2)15-14(17)19-10-12-7-5-4-6-8-12/h4-9H,3,10H2,1-2H3,(H,15,17). The lowest BCUT2D eigenvalue weighted by molar-refractivity contribution is -0.137. The molecule has 0 aliphatic heterocycles. The summed E-state index contributed by atoms with van der Waals surface area (Å²) in [6, 6.07) is 9.32. The summed E-state index contributed by atoms with van der Waals surface area (Å²) in [7, 11) is 0. The van der Waals surface area contributed by atoms with Crippen LogP contribution >= 0.6 is 0 Å². The Morgan fingerprint density at radius 3 is 2.53 bits per heavy atom. The van der Waals surface area contributed by atoms with Crippen LogP contribution in [0.4, 0.5) is 4.79 Å². The summed E-state index contributed by atoms with van der Waals surface area (Å²) in [5.41, 5.74) is 1.26. The van der Waals surface area contributed by atoms with Gasteiger partial charge in [-0.05, 0) is 19.4 Å². The number of amides is 1. The minimum Gasteiger partial charge on any atom is -0.463 e. The van der Waals surface area contributed by atoms with E-state index in [0.29, 0.717) is 12.3 Å². The molecule has 1 aromatic rings. The molecule has 5 heteroatoms. The lowest BCUT2D eigenvalue weighted by Crippen LogP contribution is -2.23. The largest absolute Gasteiger partial charge is 0.463 e. The van der Waals surface area contributed by atoms with Crippen molar-refractivity contribution in [1.82, 2.24) is 5.32 Å². The lowest BCUT2D eigenvalue weighted by atomic mass is 10.2. The highest BCUT2D eigenvalue weighted by Gasteiger charge is 2.04. The van der Waals surface area contributed by atoms with Crippen LogP contribution in [0.3, 0.4) is 0 Å². The number of allylic oxidation sites excluding steroid dienone is 1. The van der Waals surface area contributed by atoms with E-state index in [1.807, 2.05) is 30.3 Å². The fourth-order valence-corrected chi connectivity index (χ4v) is 1.32. The van der Waals surface area contributed by atoms with Crippen molar-refractivity contribution in [2.24, 2.45) is 0 Å². The van der Waals surface area contributed by atoms with Gasteiger partial charge in [0.1, 0.15) is 6.61 Å². The van der Waals surface area contributed by atoms with Crippen LogP contribution in [0.15, 0.2) is 42.1 Å². The van der Waals surface area contributed by atoms with E-state index in [0.717, 1.165) is 5.56 Å². The normalized spacial score (nSPS) is 10.7. The van der Waals surface area contributed by atoms with Gasteiger partial charge >= 0.3 is 12.1 Å². The van der Waals surface area contributed by atoms with E-state index < -0.39 is 12.1 Å². The van der Waals surface area contributed by atoms with E-state index in [-0.39, 0.29) is 6.61 Å². The second-order valence-corrected chi connectivity index (χ2v) is 3.77. The molecule has 0 atom stereocenters. The average molecular weight is 263 g/mol. The molecule has 0 aliphatic rings. The van der Waals surface area contributed by atoms with Crippen molar-refractivity contribution in [2.75, 3.05) is 6.61 Å². The first-order valence-corrected chi connectivity index (χ1v) is 5.94. The van der Waals surface area contributed by atoms with Gasteiger partial charge in [-0.3, -0.25) is 5.32 Å². The fourth-order valence-electron chi connectivity index (χ4n) is 1.32. The number of carbonyl (C=O) groups is 2. The monoisotopic (exact) mass is 263 g/mol. The van der Waals surface area contributed by atoms with Gasteiger partial charge in [0, 0.05) is 11.8 Å². The molecule has 0 bridgehead atoms. The molecule has 1 rings (SSSR count). The third-order valence-corrected chi connectivity index (χ3v) is 2.13. The number of rotatable bonds is 5. The molecule has 0 spiro atoms. The maximum absolute atomic E-state index is 11.4.